The number of hydrogen-bond donors (Lipinski definition) is 2. The number of carbonyl (C=O) groups excluding carboxylic acids is 1. The van der Waals surface area contributed by atoms with Crippen LogP contribution in [0.2, 0.25) is 0 Å². The van der Waals surface area contributed by atoms with Crippen LogP contribution in [0.1, 0.15) is 61.0 Å². The Balaban J connectivity index is 1.40. The lowest BCUT2D eigenvalue weighted by Gasteiger charge is -2.34. The quantitative estimate of drug-likeness (QED) is 0.336. The highest BCUT2D eigenvalue weighted by Gasteiger charge is 2.39. The smallest absolute Gasteiger partial charge is 0.382 e. The van der Waals surface area contributed by atoms with Gasteiger partial charge in [0.05, 0.1) is 5.56 Å². The molecule has 3 atom stereocenters. The molecule has 0 spiro atoms. The van der Waals surface area contributed by atoms with E-state index in [2.05, 4.69) is 4.98 Å². The molecule has 2 fully saturated rings. The van der Waals surface area contributed by atoms with Crippen LogP contribution in [0.5, 0.6) is 0 Å². The Labute approximate surface area is 227 Å². The number of anilines is 1. The molecular formula is C29H27F4N5O2. The largest absolute Gasteiger partial charge is 0.416 e. The van der Waals surface area contributed by atoms with Crippen molar-refractivity contribution in [2.75, 3.05) is 12.3 Å². The minimum absolute atomic E-state index is 0.0234. The molecule has 2 aromatic heterocycles. The molecular weight excluding hydrogens is 526 g/mol. The summed E-state index contributed by atoms with van der Waals surface area (Å²) in [5.74, 6) is 0.132. The highest BCUT2D eigenvalue weighted by molar-refractivity contribution is 5.86. The number of benzene rings is 2. The highest BCUT2D eigenvalue weighted by Crippen LogP contribution is 2.40. The third kappa shape index (κ3) is 4.28. The van der Waals surface area contributed by atoms with E-state index < -0.39 is 23.2 Å². The van der Waals surface area contributed by atoms with E-state index in [1.807, 2.05) is 4.90 Å². The molecule has 4 aromatic rings. The van der Waals surface area contributed by atoms with E-state index >= 15 is 4.39 Å². The molecule has 2 saturated heterocycles. The lowest BCUT2D eigenvalue weighted by molar-refractivity contribution is -0.137. The Morgan fingerprint density at radius 3 is 2.55 bits per heavy atom. The first-order valence-corrected chi connectivity index (χ1v) is 13.1. The number of rotatable bonds is 4. The summed E-state index contributed by atoms with van der Waals surface area (Å²) >= 11 is 0. The van der Waals surface area contributed by atoms with E-state index in [1.165, 1.54) is 37.4 Å². The molecule has 40 heavy (non-hydrogen) atoms. The van der Waals surface area contributed by atoms with Gasteiger partial charge in [-0.1, -0.05) is 18.2 Å². The van der Waals surface area contributed by atoms with E-state index in [-0.39, 0.29) is 46.1 Å². The van der Waals surface area contributed by atoms with Crippen LogP contribution in [0.3, 0.4) is 0 Å². The van der Waals surface area contributed by atoms with Crippen molar-refractivity contribution < 1.29 is 27.5 Å². The molecule has 0 aliphatic carbocycles. The Morgan fingerprint density at radius 1 is 1.05 bits per heavy atom. The fourth-order valence-electron chi connectivity index (χ4n) is 6.02. The van der Waals surface area contributed by atoms with Crippen molar-refractivity contribution in [1.29, 1.82) is 0 Å². The topological polar surface area (TPSA) is 96.8 Å². The molecule has 0 bridgehead atoms. The average Bonchev–Trinajstić information content (AvgIpc) is 3.49. The van der Waals surface area contributed by atoms with E-state index in [4.69, 9.17) is 10.7 Å². The molecule has 11 heteroatoms. The van der Waals surface area contributed by atoms with Crippen molar-refractivity contribution in [2.24, 2.45) is 0 Å². The van der Waals surface area contributed by atoms with Gasteiger partial charge in [-0.25, -0.2) is 14.4 Å². The Hall–Kier alpha value is -3.99. The third-order valence-corrected chi connectivity index (χ3v) is 8.23. The molecule has 4 heterocycles. The van der Waals surface area contributed by atoms with Crippen LogP contribution in [-0.2, 0) is 16.6 Å². The zero-order valence-corrected chi connectivity index (χ0v) is 21.6. The number of alkyl halides is 3. The molecule has 2 aliphatic heterocycles. The lowest BCUT2D eigenvalue weighted by atomic mass is 9.86. The minimum atomic E-state index is -4.59. The SMILES string of the molecule is C[C@@](O)(c1cccc(C(F)(F)F)c1)c1ccc(-c2nc([C@@H]3CC[C@H]4CCC(=O)N4C3)n3ccnc(N)c23)c(F)c1. The molecule has 1 amide bonds. The molecule has 3 N–H and O–H groups in total. The minimum Gasteiger partial charge on any atom is -0.382 e. The number of nitrogen functional groups attached to an aromatic ring is 1. The van der Waals surface area contributed by atoms with Crippen LogP contribution in [0.4, 0.5) is 23.4 Å². The van der Waals surface area contributed by atoms with E-state index in [0.717, 1.165) is 37.5 Å². The molecule has 0 radical (unpaired) electrons. The van der Waals surface area contributed by atoms with Gasteiger partial charge in [0.15, 0.2) is 0 Å². The van der Waals surface area contributed by atoms with Crippen LogP contribution in [0, 0.1) is 5.82 Å². The van der Waals surface area contributed by atoms with Gasteiger partial charge in [0.25, 0.3) is 0 Å². The first-order valence-electron chi connectivity index (χ1n) is 13.1. The number of amides is 1. The van der Waals surface area contributed by atoms with Crippen molar-refractivity contribution in [2.45, 2.75) is 56.3 Å². The van der Waals surface area contributed by atoms with Gasteiger partial charge in [-0.15, -0.1) is 0 Å². The highest BCUT2D eigenvalue weighted by atomic mass is 19.4. The van der Waals surface area contributed by atoms with Crippen LogP contribution >= 0.6 is 0 Å². The third-order valence-electron chi connectivity index (χ3n) is 8.23. The summed E-state index contributed by atoms with van der Waals surface area (Å²) < 4.78 is 57.3. The maximum atomic E-state index is 15.7. The van der Waals surface area contributed by atoms with Crippen molar-refractivity contribution in [1.82, 2.24) is 19.3 Å². The number of hydrogen-bond acceptors (Lipinski definition) is 5. The van der Waals surface area contributed by atoms with Crippen molar-refractivity contribution in [3.05, 3.63) is 83.2 Å². The number of aliphatic hydroxyl groups is 1. The van der Waals surface area contributed by atoms with Gasteiger partial charge in [-0.3, -0.25) is 9.20 Å². The van der Waals surface area contributed by atoms with Crippen LogP contribution in [0.15, 0.2) is 54.9 Å². The summed E-state index contributed by atoms with van der Waals surface area (Å²) in [5.41, 5.74) is 4.26. The van der Waals surface area contributed by atoms with E-state index in [1.54, 1.807) is 10.6 Å². The van der Waals surface area contributed by atoms with Gasteiger partial charge in [-0.2, -0.15) is 13.2 Å². The van der Waals surface area contributed by atoms with Crippen LogP contribution < -0.4 is 5.73 Å². The molecule has 2 aliphatic rings. The lowest BCUT2D eigenvalue weighted by Crippen LogP contribution is -2.41. The number of nitrogens with two attached hydrogens (primary N) is 1. The van der Waals surface area contributed by atoms with Crippen LogP contribution in [-0.4, -0.2) is 42.9 Å². The number of piperidine rings is 1. The predicted octanol–water partition coefficient (Wildman–Crippen LogP) is 5.26. The second-order valence-electron chi connectivity index (χ2n) is 10.7. The molecule has 2 aromatic carbocycles. The van der Waals surface area contributed by atoms with Crippen molar-refractivity contribution in [3.63, 3.8) is 0 Å². The Morgan fingerprint density at radius 2 is 1.80 bits per heavy atom. The number of fused-ring (bicyclic) bond motifs is 2. The number of nitrogens with zero attached hydrogens (tertiary/aromatic N) is 4. The fraction of sp³-hybridized carbons (Fsp3) is 0.345. The monoisotopic (exact) mass is 553 g/mol. The van der Waals surface area contributed by atoms with E-state index in [9.17, 15) is 23.1 Å². The van der Waals surface area contributed by atoms with Gasteiger partial charge in [0, 0.05) is 42.9 Å². The van der Waals surface area contributed by atoms with Gasteiger partial charge < -0.3 is 15.7 Å². The molecule has 7 nitrogen and oxygen atoms in total. The Kier molecular flexibility index (Phi) is 6.10. The molecule has 0 saturated carbocycles. The summed E-state index contributed by atoms with van der Waals surface area (Å²) in [5, 5.41) is 11.2. The van der Waals surface area contributed by atoms with Crippen molar-refractivity contribution >= 4 is 17.2 Å². The summed E-state index contributed by atoms with van der Waals surface area (Å²) in [7, 11) is 0. The van der Waals surface area contributed by atoms with Crippen molar-refractivity contribution in [3.8, 4) is 11.3 Å². The first kappa shape index (κ1) is 26.2. The average molecular weight is 554 g/mol. The maximum Gasteiger partial charge on any atom is 0.416 e. The fourth-order valence-corrected chi connectivity index (χ4v) is 6.02. The second-order valence-corrected chi connectivity index (χ2v) is 10.7. The van der Waals surface area contributed by atoms with E-state index in [0.29, 0.717) is 24.3 Å². The normalized spacial score (nSPS) is 21.1. The van der Waals surface area contributed by atoms with Gasteiger partial charge >= 0.3 is 6.18 Å². The van der Waals surface area contributed by atoms with Crippen LogP contribution in [0.25, 0.3) is 16.8 Å². The molecule has 6 rings (SSSR count). The Bertz CT molecular complexity index is 1630. The van der Waals surface area contributed by atoms with Gasteiger partial charge in [0.2, 0.25) is 5.91 Å². The van der Waals surface area contributed by atoms with Gasteiger partial charge in [0.1, 0.15) is 34.3 Å². The maximum absolute atomic E-state index is 15.7. The molecule has 0 unspecified atom stereocenters. The zero-order chi connectivity index (χ0) is 28.4. The number of halogens is 4. The first-order chi connectivity index (χ1) is 18.9. The number of imidazole rings is 1. The number of aromatic nitrogens is 3. The zero-order valence-electron chi connectivity index (χ0n) is 21.6. The van der Waals surface area contributed by atoms with Gasteiger partial charge in [-0.05, 0) is 61.6 Å². The summed E-state index contributed by atoms with van der Waals surface area (Å²) in [4.78, 5) is 23.3. The molecule has 208 valence electrons. The standard InChI is InChI=1S/C29H27F4N5O2/c1-28(40,17-3-2-4-19(13-17)29(31,32)33)18-6-9-21(22(30)14-18)24-25-26(34)35-11-12-37(25)27(36-24)16-5-7-20-8-10-23(39)38(20)15-16/h2-4,6,9,11-14,16,20,40H,5,7-8,10,15H2,1H3,(H2,34,35)/t16-,20+,28-/m1/s1. The predicted molar refractivity (Wildman–Crippen MR) is 140 cm³/mol. The summed E-state index contributed by atoms with van der Waals surface area (Å²) in [6, 6.07) is 8.58. The summed E-state index contributed by atoms with van der Waals surface area (Å²) in [6.45, 7) is 1.84. The summed E-state index contributed by atoms with van der Waals surface area (Å²) in [6.07, 6.45) is 1.74. The second kappa shape index (κ2) is 9.29. The number of carbonyl (C=O) groups is 1.